The second-order valence-electron chi connectivity index (χ2n) is 4.39. The molecule has 3 N–H and O–H groups in total. The molecule has 0 aliphatic carbocycles. The van der Waals surface area contributed by atoms with Gasteiger partial charge in [-0.2, -0.15) is 0 Å². The summed E-state index contributed by atoms with van der Waals surface area (Å²) in [6.07, 6.45) is 0.987. The molecule has 0 aromatic heterocycles. The van der Waals surface area contributed by atoms with Crippen LogP contribution in [0.15, 0.2) is 24.3 Å². The van der Waals surface area contributed by atoms with Crippen LogP contribution in [0.4, 0.5) is 5.69 Å². The Hall–Kier alpha value is -1.24. The number of benzene rings is 1. The van der Waals surface area contributed by atoms with Gasteiger partial charge in [-0.3, -0.25) is 9.00 Å². The van der Waals surface area contributed by atoms with E-state index in [9.17, 15) is 9.00 Å². The van der Waals surface area contributed by atoms with Gasteiger partial charge >= 0.3 is 0 Å². The van der Waals surface area contributed by atoms with E-state index in [-0.39, 0.29) is 5.91 Å². The maximum Gasteiger partial charge on any atom is 0.224 e. The first-order chi connectivity index (χ1) is 9.65. The van der Waals surface area contributed by atoms with Crippen molar-refractivity contribution in [2.75, 3.05) is 30.5 Å². The highest BCUT2D eigenvalue weighted by Crippen LogP contribution is 2.09. The summed E-state index contributed by atoms with van der Waals surface area (Å²) in [6.45, 7) is 0.980. The van der Waals surface area contributed by atoms with Crippen LogP contribution in [0.3, 0.4) is 0 Å². The predicted molar refractivity (Wildman–Crippen MR) is 81.9 cm³/mol. The molecule has 0 aliphatic rings. The van der Waals surface area contributed by atoms with Crippen molar-refractivity contribution in [1.29, 1.82) is 0 Å². The van der Waals surface area contributed by atoms with E-state index in [0.717, 1.165) is 11.3 Å². The summed E-state index contributed by atoms with van der Waals surface area (Å²) in [5.74, 6) is 0.996. The van der Waals surface area contributed by atoms with Gasteiger partial charge in [0.15, 0.2) is 0 Å². The van der Waals surface area contributed by atoms with E-state index in [1.54, 1.807) is 7.11 Å². The summed E-state index contributed by atoms with van der Waals surface area (Å²) in [4.78, 5) is 11.7. The van der Waals surface area contributed by atoms with E-state index in [1.807, 2.05) is 24.3 Å². The zero-order chi connectivity index (χ0) is 14.8. The van der Waals surface area contributed by atoms with Gasteiger partial charge in [0.1, 0.15) is 0 Å². The lowest BCUT2D eigenvalue weighted by atomic mass is 10.2. The van der Waals surface area contributed by atoms with E-state index < -0.39 is 10.8 Å². The Morgan fingerprint density at radius 1 is 1.30 bits per heavy atom. The summed E-state index contributed by atoms with van der Waals surface area (Å²) in [5.41, 5.74) is 7.29. The van der Waals surface area contributed by atoms with Crippen LogP contribution in [-0.2, 0) is 26.9 Å². The van der Waals surface area contributed by atoms with Gasteiger partial charge in [-0.25, -0.2) is 0 Å². The van der Waals surface area contributed by atoms with E-state index in [1.165, 1.54) is 0 Å². The number of amides is 1. The molecule has 0 heterocycles. The lowest BCUT2D eigenvalue weighted by Gasteiger charge is -2.06. The molecule has 1 unspecified atom stereocenters. The average Bonchev–Trinajstić information content (AvgIpc) is 2.46. The van der Waals surface area contributed by atoms with Crippen LogP contribution in [0.5, 0.6) is 0 Å². The van der Waals surface area contributed by atoms with Gasteiger partial charge in [0.05, 0.1) is 6.61 Å². The highest BCUT2D eigenvalue weighted by molar-refractivity contribution is 7.84. The lowest BCUT2D eigenvalue weighted by Crippen LogP contribution is -2.14. The Bertz CT molecular complexity index is 435. The van der Waals surface area contributed by atoms with Gasteiger partial charge in [0, 0.05) is 48.1 Å². The molecule has 6 heteroatoms. The largest absolute Gasteiger partial charge is 0.384 e. The number of nitrogens with one attached hydrogen (secondary N) is 1. The fourth-order valence-electron chi connectivity index (χ4n) is 1.62. The van der Waals surface area contributed by atoms with Gasteiger partial charge < -0.3 is 15.8 Å². The van der Waals surface area contributed by atoms with Crippen LogP contribution < -0.4 is 11.1 Å². The quantitative estimate of drug-likeness (QED) is 0.719. The van der Waals surface area contributed by atoms with Crippen molar-refractivity contribution >= 4 is 22.4 Å². The Morgan fingerprint density at radius 3 is 2.60 bits per heavy atom. The lowest BCUT2D eigenvalue weighted by molar-refractivity contribution is -0.116. The molecule has 5 nitrogen and oxygen atoms in total. The summed E-state index contributed by atoms with van der Waals surface area (Å²) >= 11 is 0. The molecule has 0 aliphatic heterocycles. The maximum atomic E-state index is 11.7. The van der Waals surface area contributed by atoms with E-state index in [4.69, 9.17) is 10.5 Å². The van der Waals surface area contributed by atoms with Gasteiger partial charge in [-0.1, -0.05) is 12.1 Å². The zero-order valence-electron chi connectivity index (χ0n) is 11.8. The van der Waals surface area contributed by atoms with Crippen molar-refractivity contribution in [1.82, 2.24) is 0 Å². The van der Waals surface area contributed by atoms with E-state index in [0.29, 0.717) is 37.5 Å². The molecule has 1 aromatic rings. The molecule has 0 saturated carbocycles. The fourth-order valence-corrected chi connectivity index (χ4v) is 2.64. The van der Waals surface area contributed by atoms with Crippen molar-refractivity contribution in [3.8, 4) is 0 Å². The number of carbonyl (C=O) groups is 1. The van der Waals surface area contributed by atoms with Crippen LogP contribution >= 0.6 is 0 Å². The third-order valence-electron chi connectivity index (χ3n) is 2.76. The number of rotatable bonds is 9. The van der Waals surface area contributed by atoms with E-state index in [2.05, 4.69) is 5.32 Å². The summed E-state index contributed by atoms with van der Waals surface area (Å²) < 4.78 is 16.4. The number of nitrogens with two attached hydrogens (primary N) is 1. The molecule has 0 radical (unpaired) electrons. The molecule has 1 rings (SSSR count). The number of anilines is 1. The third-order valence-corrected chi connectivity index (χ3v) is 4.13. The molecule has 20 heavy (non-hydrogen) atoms. The molecule has 0 fully saturated rings. The SMILES string of the molecule is COCCS(=O)CCCC(=O)Nc1ccc(CN)cc1. The highest BCUT2D eigenvalue weighted by Gasteiger charge is 2.05. The monoisotopic (exact) mass is 298 g/mol. The third kappa shape index (κ3) is 6.79. The standard InChI is InChI=1S/C14H22N2O3S/c1-19-8-10-20(18)9-2-3-14(17)16-13-6-4-12(11-15)5-7-13/h4-7H,2-3,8-11,15H2,1H3,(H,16,17). The van der Waals surface area contributed by atoms with Crippen LogP contribution in [-0.4, -0.2) is 35.3 Å². The topological polar surface area (TPSA) is 81.4 Å². The Balaban J connectivity index is 2.24. The minimum atomic E-state index is -0.906. The van der Waals surface area contributed by atoms with Crippen LogP contribution in [0.1, 0.15) is 18.4 Å². The summed E-state index contributed by atoms with van der Waals surface area (Å²) in [7, 11) is 0.678. The molecule has 0 saturated heterocycles. The Morgan fingerprint density at radius 2 is 2.00 bits per heavy atom. The fraction of sp³-hybridized carbons (Fsp3) is 0.500. The van der Waals surface area contributed by atoms with Crippen LogP contribution in [0.2, 0.25) is 0 Å². The first kappa shape index (κ1) is 16.8. The van der Waals surface area contributed by atoms with Gasteiger partial charge in [-0.05, 0) is 24.1 Å². The second kappa shape index (κ2) is 9.63. The smallest absolute Gasteiger partial charge is 0.224 e. The van der Waals surface area contributed by atoms with Crippen LogP contribution in [0, 0.1) is 0 Å². The molecular formula is C14H22N2O3S. The predicted octanol–water partition coefficient (Wildman–Crippen LogP) is 1.26. The van der Waals surface area contributed by atoms with Gasteiger partial charge in [-0.15, -0.1) is 0 Å². The van der Waals surface area contributed by atoms with Gasteiger partial charge in [0.25, 0.3) is 0 Å². The number of hydrogen-bond acceptors (Lipinski definition) is 4. The molecule has 1 amide bonds. The van der Waals surface area contributed by atoms with E-state index >= 15 is 0 Å². The van der Waals surface area contributed by atoms with Crippen molar-refractivity contribution in [3.05, 3.63) is 29.8 Å². The van der Waals surface area contributed by atoms with Gasteiger partial charge in [0.2, 0.25) is 5.91 Å². The number of hydrogen-bond donors (Lipinski definition) is 2. The molecule has 112 valence electrons. The Kier molecular flexibility index (Phi) is 8.10. The number of carbonyl (C=O) groups excluding carboxylic acids is 1. The second-order valence-corrected chi connectivity index (χ2v) is 6.09. The van der Waals surface area contributed by atoms with Crippen LogP contribution in [0.25, 0.3) is 0 Å². The average molecular weight is 298 g/mol. The molecule has 0 bridgehead atoms. The minimum absolute atomic E-state index is 0.0609. The zero-order valence-corrected chi connectivity index (χ0v) is 12.6. The summed E-state index contributed by atoms with van der Waals surface area (Å²) in [6, 6.07) is 7.43. The maximum absolute atomic E-state index is 11.7. The number of ether oxygens (including phenoxy) is 1. The highest BCUT2D eigenvalue weighted by atomic mass is 32.2. The molecule has 0 spiro atoms. The van der Waals surface area contributed by atoms with Crippen molar-refractivity contribution in [3.63, 3.8) is 0 Å². The first-order valence-corrected chi connectivity index (χ1v) is 8.07. The normalized spacial score (nSPS) is 12.1. The Labute approximate surface area is 122 Å². The minimum Gasteiger partial charge on any atom is -0.384 e. The van der Waals surface area contributed by atoms with Crippen molar-refractivity contribution in [2.45, 2.75) is 19.4 Å². The molecule has 1 aromatic carbocycles. The van der Waals surface area contributed by atoms with Crippen molar-refractivity contribution < 1.29 is 13.7 Å². The summed E-state index contributed by atoms with van der Waals surface area (Å²) in [5, 5.41) is 2.81. The van der Waals surface area contributed by atoms with Crippen molar-refractivity contribution in [2.24, 2.45) is 5.73 Å². The first-order valence-electron chi connectivity index (χ1n) is 6.58. The molecular weight excluding hydrogens is 276 g/mol. The number of methoxy groups -OCH3 is 1. The molecule has 1 atom stereocenters.